The number of H-pyrrole nitrogens is 1. The van der Waals surface area contributed by atoms with Crippen LogP contribution in [0.1, 0.15) is 54.7 Å². The summed E-state index contributed by atoms with van der Waals surface area (Å²) in [5, 5.41) is 15.3. The highest BCUT2D eigenvalue weighted by atomic mass is 16.4. The molecule has 1 aliphatic heterocycles. The summed E-state index contributed by atoms with van der Waals surface area (Å²) >= 11 is 0. The summed E-state index contributed by atoms with van der Waals surface area (Å²) in [7, 11) is 0. The summed E-state index contributed by atoms with van der Waals surface area (Å²) in [6.07, 6.45) is 2.68. The van der Waals surface area contributed by atoms with Gasteiger partial charge in [0.2, 0.25) is 0 Å². The summed E-state index contributed by atoms with van der Waals surface area (Å²) in [6, 6.07) is 0. The Morgan fingerprint density at radius 1 is 1.26 bits per heavy atom. The number of nitrogens with one attached hydrogen (secondary N) is 1. The Balaban J connectivity index is 2.19. The second-order valence-electron chi connectivity index (χ2n) is 5.89. The minimum Gasteiger partial charge on any atom is -0.481 e. The number of carbonyl (C=O) groups excluding carboxylic acids is 1. The predicted molar refractivity (Wildman–Crippen MR) is 84.5 cm³/mol. The molecule has 0 radical (unpaired) electrons. The first-order chi connectivity index (χ1) is 11.0. The molecule has 23 heavy (non-hydrogen) atoms. The number of carboxylic acid groups (broad SMARTS) is 1. The maximum atomic E-state index is 12.8. The fourth-order valence-electron chi connectivity index (χ4n) is 3.17. The third kappa shape index (κ3) is 3.78. The molecule has 0 unspecified atom stereocenters. The van der Waals surface area contributed by atoms with E-state index in [1.165, 1.54) is 0 Å². The third-order valence-electron chi connectivity index (χ3n) is 4.44. The van der Waals surface area contributed by atoms with Gasteiger partial charge in [0.15, 0.2) is 0 Å². The molecule has 0 aliphatic carbocycles. The molecule has 126 valence electrons. The molecule has 7 heteroatoms. The zero-order valence-corrected chi connectivity index (χ0v) is 13.6. The summed E-state index contributed by atoms with van der Waals surface area (Å²) in [6.45, 7) is 4.82. The molecule has 2 rings (SSSR count). The average molecular weight is 321 g/mol. The molecule has 2 heterocycles. The summed E-state index contributed by atoms with van der Waals surface area (Å²) in [4.78, 5) is 37.3. The minimum atomic E-state index is -0.804. The van der Waals surface area contributed by atoms with Crippen molar-refractivity contribution in [2.24, 2.45) is 5.92 Å². The smallest absolute Gasteiger partial charge is 0.303 e. The molecule has 1 aliphatic rings. The van der Waals surface area contributed by atoms with Crippen LogP contribution < -0.4 is 5.56 Å². The standard InChI is InChI=1S/C16H23N3O4/c1-3-11-12(4-2)17-18-15(22)14(11)16(23)19-7-5-10(6-8-19)9-13(20)21/h10H,3-9H2,1-2H3,(H,18,22)(H,20,21). The first-order valence-corrected chi connectivity index (χ1v) is 8.09. The van der Waals surface area contributed by atoms with Gasteiger partial charge in [0.1, 0.15) is 5.56 Å². The molecule has 0 spiro atoms. The topological polar surface area (TPSA) is 103 Å². The molecule has 0 atom stereocenters. The molecule has 1 aromatic rings. The Labute approximate surface area is 134 Å². The van der Waals surface area contributed by atoms with E-state index in [4.69, 9.17) is 5.11 Å². The van der Waals surface area contributed by atoms with Gasteiger partial charge in [0.25, 0.3) is 11.5 Å². The minimum absolute atomic E-state index is 0.101. The number of hydrogen-bond acceptors (Lipinski definition) is 4. The fraction of sp³-hybridized carbons (Fsp3) is 0.625. The molecule has 1 aromatic heterocycles. The van der Waals surface area contributed by atoms with Crippen molar-refractivity contribution in [1.29, 1.82) is 0 Å². The van der Waals surface area contributed by atoms with Crippen LogP contribution in [0.5, 0.6) is 0 Å². The van der Waals surface area contributed by atoms with E-state index < -0.39 is 11.5 Å². The van der Waals surface area contributed by atoms with Crippen molar-refractivity contribution in [3.05, 3.63) is 27.2 Å². The van der Waals surface area contributed by atoms with Gasteiger partial charge < -0.3 is 10.0 Å². The highest BCUT2D eigenvalue weighted by molar-refractivity contribution is 5.95. The van der Waals surface area contributed by atoms with Gasteiger partial charge in [-0.25, -0.2) is 5.10 Å². The molecule has 0 bridgehead atoms. The lowest BCUT2D eigenvalue weighted by Gasteiger charge is -2.31. The molecular weight excluding hydrogens is 298 g/mol. The first-order valence-electron chi connectivity index (χ1n) is 8.09. The van der Waals surface area contributed by atoms with E-state index in [2.05, 4.69) is 10.2 Å². The first kappa shape index (κ1) is 17.2. The number of aliphatic carboxylic acids is 1. The Hall–Kier alpha value is -2.18. The Kier molecular flexibility index (Phi) is 5.52. The third-order valence-corrected chi connectivity index (χ3v) is 4.44. The largest absolute Gasteiger partial charge is 0.481 e. The van der Waals surface area contributed by atoms with Crippen LogP contribution in [-0.4, -0.2) is 45.2 Å². The van der Waals surface area contributed by atoms with Gasteiger partial charge in [0, 0.05) is 19.5 Å². The number of piperidine rings is 1. The van der Waals surface area contributed by atoms with E-state index >= 15 is 0 Å². The van der Waals surface area contributed by atoms with Gasteiger partial charge in [-0.3, -0.25) is 14.4 Å². The zero-order valence-electron chi connectivity index (χ0n) is 13.6. The molecule has 1 fully saturated rings. The monoisotopic (exact) mass is 321 g/mol. The molecule has 1 saturated heterocycles. The van der Waals surface area contributed by atoms with E-state index in [-0.39, 0.29) is 23.8 Å². The lowest BCUT2D eigenvalue weighted by atomic mass is 9.93. The van der Waals surface area contributed by atoms with Crippen LogP contribution in [0.4, 0.5) is 0 Å². The number of aromatic nitrogens is 2. The van der Waals surface area contributed by atoms with Gasteiger partial charge in [-0.1, -0.05) is 13.8 Å². The fourth-order valence-corrected chi connectivity index (χ4v) is 3.17. The van der Waals surface area contributed by atoms with Gasteiger partial charge in [-0.2, -0.15) is 5.10 Å². The van der Waals surface area contributed by atoms with E-state index in [1.807, 2.05) is 13.8 Å². The molecule has 0 aromatic carbocycles. The SMILES string of the molecule is CCc1n[nH]c(=O)c(C(=O)N2CCC(CC(=O)O)CC2)c1CC. The number of rotatable bonds is 5. The Morgan fingerprint density at radius 3 is 2.43 bits per heavy atom. The number of amides is 1. The molecule has 0 saturated carbocycles. The number of aryl methyl sites for hydroxylation is 1. The Morgan fingerprint density at radius 2 is 1.91 bits per heavy atom. The van der Waals surface area contributed by atoms with Crippen LogP contribution in [-0.2, 0) is 17.6 Å². The predicted octanol–water partition coefficient (Wildman–Crippen LogP) is 1.22. The maximum absolute atomic E-state index is 12.8. The number of likely N-dealkylation sites (tertiary alicyclic amines) is 1. The summed E-state index contributed by atoms with van der Waals surface area (Å²) < 4.78 is 0. The van der Waals surface area contributed by atoms with Crippen molar-refractivity contribution < 1.29 is 14.7 Å². The van der Waals surface area contributed by atoms with Crippen LogP contribution in [0.2, 0.25) is 0 Å². The molecule has 1 amide bonds. The van der Waals surface area contributed by atoms with Gasteiger partial charge >= 0.3 is 5.97 Å². The summed E-state index contributed by atoms with van der Waals surface area (Å²) in [5.41, 5.74) is 1.21. The number of hydrogen-bond donors (Lipinski definition) is 2. The van der Waals surface area contributed by atoms with Crippen LogP contribution in [0, 0.1) is 5.92 Å². The second kappa shape index (κ2) is 7.39. The maximum Gasteiger partial charge on any atom is 0.303 e. The number of carboxylic acids is 1. The number of aromatic amines is 1. The van der Waals surface area contributed by atoms with Crippen molar-refractivity contribution >= 4 is 11.9 Å². The van der Waals surface area contributed by atoms with Crippen molar-refractivity contribution in [3.63, 3.8) is 0 Å². The van der Waals surface area contributed by atoms with Crippen LogP contribution >= 0.6 is 0 Å². The second-order valence-corrected chi connectivity index (χ2v) is 5.89. The van der Waals surface area contributed by atoms with Gasteiger partial charge in [-0.15, -0.1) is 0 Å². The lowest BCUT2D eigenvalue weighted by molar-refractivity contribution is -0.138. The van der Waals surface area contributed by atoms with Crippen molar-refractivity contribution in [3.8, 4) is 0 Å². The number of carbonyl (C=O) groups is 2. The van der Waals surface area contributed by atoms with E-state index in [0.717, 1.165) is 5.69 Å². The average Bonchev–Trinajstić information content (AvgIpc) is 2.54. The zero-order chi connectivity index (χ0) is 17.0. The van der Waals surface area contributed by atoms with Gasteiger partial charge in [0.05, 0.1) is 5.69 Å². The quantitative estimate of drug-likeness (QED) is 0.848. The van der Waals surface area contributed by atoms with Gasteiger partial charge in [-0.05, 0) is 37.2 Å². The molecule has 2 N–H and O–H groups in total. The molecular formula is C16H23N3O4. The molecule has 7 nitrogen and oxygen atoms in total. The summed E-state index contributed by atoms with van der Waals surface area (Å²) in [5.74, 6) is -0.973. The van der Waals surface area contributed by atoms with E-state index in [1.54, 1.807) is 4.90 Å². The highest BCUT2D eigenvalue weighted by Crippen LogP contribution is 2.22. The van der Waals surface area contributed by atoms with Crippen molar-refractivity contribution in [1.82, 2.24) is 15.1 Å². The van der Waals surface area contributed by atoms with Crippen LogP contribution in [0.25, 0.3) is 0 Å². The number of nitrogens with zero attached hydrogens (tertiary/aromatic N) is 2. The van der Waals surface area contributed by atoms with E-state index in [9.17, 15) is 14.4 Å². The van der Waals surface area contributed by atoms with E-state index in [0.29, 0.717) is 44.3 Å². The highest BCUT2D eigenvalue weighted by Gasteiger charge is 2.28. The van der Waals surface area contributed by atoms with Crippen LogP contribution in [0.3, 0.4) is 0 Å². The normalized spacial score (nSPS) is 15.7. The van der Waals surface area contributed by atoms with Crippen molar-refractivity contribution in [2.75, 3.05) is 13.1 Å². The van der Waals surface area contributed by atoms with Crippen molar-refractivity contribution in [2.45, 2.75) is 46.0 Å². The lowest BCUT2D eigenvalue weighted by Crippen LogP contribution is -2.42. The van der Waals surface area contributed by atoms with Crippen LogP contribution in [0.15, 0.2) is 4.79 Å². The Bertz CT molecular complexity index is 645.